The molecular weight excluding hydrogens is 195 g/mol. The van der Waals surface area contributed by atoms with Crippen LogP contribution in [0.15, 0.2) is 0 Å². The summed E-state index contributed by atoms with van der Waals surface area (Å²) >= 11 is 11.1. The second-order valence-corrected chi connectivity index (χ2v) is 6.35. The van der Waals surface area contributed by atoms with Crippen molar-refractivity contribution in [3.8, 4) is 0 Å². The Bertz CT molecular complexity index is 88.2. The third kappa shape index (κ3) is 2.08. The van der Waals surface area contributed by atoms with Gasteiger partial charge in [-0.25, -0.2) is 0 Å². The van der Waals surface area contributed by atoms with E-state index >= 15 is 0 Å². The first-order valence-electron chi connectivity index (χ1n) is 2.56. The zero-order chi connectivity index (χ0) is 8.20. The van der Waals surface area contributed by atoms with Crippen LogP contribution in [0.2, 0.25) is 0 Å². The average molecular weight is 205 g/mol. The molecule has 62 valence electrons. The van der Waals surface area contributed by atoms with E-state index in [0.717, 1.165) is 0 Å². The van der Waals surface area contributed by atoms with Gasteiger partial charge in [0.25, 0.3) is 0 Å². The number of hydrogen-bond donors (Lipinski definition) is 0. The molecule has 0 rings (SSSR count). The number of hydrogen-bond acceptors (Lipinski definition) is 3. The molecule has 0 aliphatic rings. The van der Waals surface area contributed by atoms with Crippen molar-refractivity contribution in [3.63, 3.8) is 0 Å². The summed E-state index contributed by atoms with van der Waals surface area (Å²) in [7, 11) is 1.60. The zero-order valence-corrected chi connectivity index (χ0v) is 8.57. The van der Waals surface area contributed by atoms with Crippen LogP contribution in [0.5, 0.6) is 0 Å². The maximum absolute atomic E-state index is 5.55. The summed E-state index contributed by atoms with van der Waals surface area (Å²) in [6, 6.07) is 0. The van der Waals surface area contributed by atoms with Crippen molar-refractivity contribution in [1.82, 2.24) is 0 Å². The monoisotopic (exact) mass is 204 g/mol. The van der Waals surface area contributed by atoms with Crippen LogP contribution in [-0.4, -0.2) is 34.6 Å². The Balaban J connectivity index is 4.15. The fourth-order valence-corrected chi connectivity index (χ4v) is 3.16. The van der Waals surface area contributed by atoms with Crippen LogP contribution >= 0.6 is 23.2 Å². The molecule has 0 radical (unpaired) electrons. The second-order valence-electron chi connectivity index (χ2n) is 1.52. The molecule has 3 nitrogen and oxygen atoms in total. The van der Waals surface area contributed by atoms with Crippen molar-refractivity contribution >= 4 is 32.0 Å². The molecule has 0 saturated carbocycles. The molecule has 0 aliphatic carbocycles. The van der Waals surface area contributed by atoms with E-state index in [0.29, 0.717) is 0 Å². The molecule has 0 spiro atoms. The Morgan fingerprint density at radius 3 is 1.30 bits per heavy atom. The summed E-state index contributed by atoms with van der Waals surface area (Å²) in [6.45, 7) is 0. The first kappa shape index (κ1) is 10.7. The van der Waals surface area contributed by atoms with E-state index in [1.54, 1.807) is 0 Å². The zero-order valence-electron chi connectivity index (χ0n) is 6.06. The molecular formula is C4H10Cl2O3Si. The quantitative estimate of drug-likeness (QED) is 0.510. The highest BCUT2D eigenvalue weighted by atomic mass is 35.5. The minimum absolute atomic E-state index is 0.743. The van der Waals surface area contributed by atoms with E-state index in [4.69, 9.17) is 36.5 Å². The van der Waals surface area contributed by atoms with Crippen LogP contribution in [0, 0.1) is 0 Å². The van der Waals surface area contributed by atoms with Crippen LogP contribution in [0.1, 0.15) is 0 Å². The predicted octanol–water partition coefficient (Wildman–Crippen LogP) is 1.21. The van der Waals surface area contributed by atoms with E-state index in [1.165, 1.54) is 21.3 Å². The van der Waals surface area contributed by atoms with E-state index in [2.05, 4.69) is 0 Å². The van der Waals surface area contributed by atoms with Gasteiger partial charge in [-0.3, -0.25) is 0 Å². The van der Waals surface area contributed by atoms with E-state index in [1.807, 2.05) is 0 Å². The Labute approximate surface area is 71.5 Å². The van der Waals surface area contributed by atoms with Gasteiger partial charge in [-0.2, -0.15) is 0 Å². The summed E-state index contributed by atoms with van der Waals surface area (Å²) in [6.07, 6.45) is 0. The normalized spacial score (nSPS) is 12.6. The Hall–Kier alpha value is 0.677. The highest BCUT2D eigenvalue weighted by molar-refractivity contribution is 6.81. The molecule has 0 aromatic carbocycles. The topological polar surface area (TPSA) is 27.7 Å². The Morgan fingerprint density at radius 2 is 1.30 bits per heavy atom. The van der Waals surface area contributed by atoms with Gasteiger partial charge in [0.2, 0.25) is 0 Å². The standard InChI is InChI=1S/C4H10Cl2O3Si/c1-7-10(8-2,9-3)4(5)6/h4H,1-3H3. The van der Waals surface area contributed by atoms with Crippen LogP contribution in [0.3, 0.4) is 0 Å². The molecule has 10 heavy (non-hydrogen) atoms. The third-order valence-corrected chi connectivity index (χ3v) is 4.97. The van der Waals surface area contributed by atoms with Gasteiger partial charge in [-0.05, 0) is 0 Å². The second kappa shape index (κ2) is 4.53. The largest absolute Gasteiger partial charge is 0.534 e. The molecule has 0 N–H and O–H groups in total. The van der Waals surface area contributed by atoms with Crippen LogP contribution in [-0.2, 0) is 13.3 Å². The summed E-state index contributed by atoms with van der Waals surface area (Å²) in [5.74, 6) is 0. The lowest BCUT2D eigenvalue weighted by molar-refractivity contribution is 0.127. The maximum atomic E-state index is 5.55. The summed E-state index contributed by atoms with van der Waals surface area (Å²) in [4.78, 5) is 0. The SMILES string of the molecule is CO[Si](OC)(OC)C(Cl)Cl. The summed E-state index contributed by atoms with van der Waals surface area (Å²) in [5, 5.41) is 0. The van der Waals surface area contributed by atoms with E-state index in [9.17, 15) is 0 Å². The lowest BCUT2D eigenvalue weighted by Gasteiger charge is -2.24. The van der Waals surface area contributed by atoms with Gasteiger partial charge in [0.15, 0.2) is 4.46 Å². The van der Waals surface area contributed by atoms with Gasteiger partial charge in [-0.1, -0.05) is 0 Å². The molecule has 0 bridgehead atoms. The third-order valence-electron chi connectivity index (χ3n) is 1.12. The van der Waals surface area contributed by atoms with Gasteiger partial charge in [0.05, 0.1) is 0 Å². The van der Waals surface area contributed by atoms with Crippen LogP contribution in [0.4, 0.5) is 0 Å². The smallest absolute Gasteiger partial charge is 0.375 e. The molecule has 6 heteroatoms. The molecule has 0 aromatic rings. The predicted molar refractivity (Wildman–Crippen MR) is 42.3 cm³/mol. The number of alkyl halides is 2. The molecule has 0 atom stereocenters. The van der Waals surface area contributed by atoms with Crippen LogP contribution < -0.4 is 0 Å². The Morgan fingerprint density at radius 1 is 1.00 bits per heavy atom. The molecule has 0 amide bonds. The number of halogens is 2. The molecule has 0 unspecified atom stereocenters. The molecule has 0 aromatic heterocycles. The van der Waals surface area contributed by atoms with Crippen molar-refractivity contribution in [2.45, 2.75) is 4.46 Å². The first-order chi connectivity index (χ1) is 4.63. The molecule has 0 fully saturated rings. The van der Waals surface area contributed by atoms with Crippen molar-refractivity contribution in [1.29, 1.82) is 0 Å². The van der Waals surface area contributed by atoms with E-state index < -0.39 is 13.3 Å². The summed E-state index contributed by atoms with van der Waals surface area (Å²) in [5.41, 5.74) is 0. The van der Waals surface area contributed by atoms with Crippen molar-refractivity contribution in [3.05, 3.63) is 0 Å². The number of rotatable bonds is 4. The molecule has 0 aliphatic heterocycles. The van der Waals surface area contributed by atoms with Gasteiger partial charge in [0, 0.05) is 21.3 Å². The Kier molecular flexibility index (Phi) is 4.84. The lowest BCUT2D eigenvalue weighted by Crippen LogP contribution is -2.49. The average Bonchev–Trinajstić information content (AvgIpc) is 1.92. The van der Waals surface area contributed by atoms with Crippen LogP contribution in [0.25, 0.3) is 0 Å². The van der Waals surface area contributed by atoms with E-state index in [-0.39, 0.29) is 0 Å². The van der Waals surface area contributed by atoms with Gasteiger partial charge >= 0.3 is 8.80 Å². The van der Waals surface area contributed by atoms with Crippen molar-refractivity contribution in [2.24, 2.45) is 0 Å². The fraction of sp³-hybridized carbons (Fsp3) is 1.00. The van der Waals surface area contributed by atoms with Gasteiger partial charge < -0.3 is 13.3 Å². The lowest BCUT2D eigenvalue weighted by atomic mass is 11.8. The first-order valence-corrected chi connectivity index (χ1v) is 5.24. The van der Waals surface area contributed by atoms with Gasteiger partial charge in [-0.15, -0.1) is 23.2 Å². The highest BCUT2D eigenvalue weighted by Gasteiger charge is 2.45. The molecule has 0 saturated heterocycles. The minimum Gasteiger partial charge on any atom is -0.375 e. The fourth-order valence-electron chi connectivity index (χ4n) is 0.517. The maximum Gasteiger partial charge on any atom is 0.534 e. The summed E-state index contributed by atoms with van der Waals surface area (Å²) < 4.78 is 14.0. The molecule has 0 heterocycles. The van der Waals surface area contributed by atoms with Crippen molar-refractivity contribution in [2.75, 3.05) is 21.3 Å². The van der Waals surface area contributed by atoms with Crippen molar-refractivity contribution < 1.29 is 13.3 Å². The highest BCUT2D eigenvalue weighted by Crippen LogP contribution is 2.20. The minimum atomic E-state index is -2.76. The van der Waals surface area contributed by atoms with Gasteiger partial charge in [0.1, 0.15) is 0 Å².